The van der Waals surface area contributed by atoms with Gasteiger partial charge in [-0.2, -0.15) is 0 Å². The molecule has 0 saturated heterocycles. The molecule has 0 bridgehead atoms. The van der Waals surface area contributed by atoms with Gasteiger partial charge in [-0.05, 0) is 29.3 Å². The van der Waals surface area contributed by atoms with Crippen molar-refractivity contribution in [3.05, 3.63) is 107 Å². The molecular formula is C26H23ClN4O3. The van der Waals surface area contributed by atoms with Gasteiger partial charge in [0.2, 0.25) is 5.91 Å². The number of fused-ring (bicyclic) bond motifs is 1. The molecule has 0 fully saturated rings. The Morgan fingerprint density at radius 3 is 2.35 bits per heavy atom. The molecule has 0 saturated carbocycles. The Hall–Kier alpha value is -4.10. The predicted molar refractivity (Wildman–Crippen MR) is 131 cm³/mol. The Bertz CT molecular complexity index is 1320. The maximum Gasteiger partial charge on any atom is 0.261 e. The van der Waals surface area contributed by atoms with E-state index in [1.807, 2.05) is 54.6 Å². The highest BCUT2D eigenvalue weighted by Crippen LogP contribution is 2.20. The van der Waals surface area contributed by atoms with E-state index >= 15 is 0 Å². The molecule has 3 amide bonds. The Labute approximate surface area is 201 Å². The topological polar surface area (TPSA) is 103 Å². The lowest BCUT2D eigenvalue weighted by Gasteiger charge is -2.19. The van der Waals surface area contributed by atoms with Crippen LogP contribution in [0.15, 0.2) is 85.1 Å². The van der Waals surface area contributed by atoms with Crippen molar-refractivity contribution in [3.63, 3.8) is 0 Å². The Balaban J connectivity index is 1.49. The number of rotatable bonds is 7. The first-order chi connectivity index (χ1) is 16.5. The molecule has 4 aromatic rings. The number of halogens is 1. The van der Waals surface area contributed by atoms with Crippen molar-refractivity contribution in [3.8, 4) is 0 Å². The van der Waals surface area contributed by atoms with Gasteiger partial charge < -0.3 is 10.3 Å². The monoisotopic (exact) mass is 474 g/mol. The predicted octanol–water partition coefficient (Wildman–Crippen LogP) is 3.55. The Morgan fingerprint density at radius 2 is 1.56 bits per heavy atom. The van der Waals surface area contributed by atoms with Crippen LogP contribution in [0.2, 0.25) is 5.02 Å². The molecule has 172 valence electrons. The average Bonchev–Trinajstić information content (AvgIpc) is 3.26. The van der Waals surface area contributed by atoms with Crippen LogP contribution in [0.4, 0.5) is 0 Å². The van der Waals surface area contributed by atoms with E-state index in [0.29, 0.717) is 0 Å². The van der Waals surface area contributed by atoms with Gasteiger partial charge >= 0.3 is 0 Å². The number of hydrazine groups is 1. The number of amides is 3. The van der Waals surface area contributed by atoms with Crippen molar-refractivity contribution in [2.24, 2.45) is 0 Å². The van der Waals surface area contributed by atoms with E-state index in [-0.39, 0.29) is 29.3 Å². The van der Waals surface area contributed by atoms with Crippen molar-refractivity contribution in [2.75, 3.05) is 0 Å². The molecule has 3 aromatic carbocycles. The lowest BCUT2D eigenvalue weighted by atomic mass is 10.0. The minimum Gasteiger partial charge on any atom is -0.361 e. The molecule has 0 radical (unpaired) electrons. The van der Waals surface area contributed by atoms with Crippen LogP contribution in [-0.2, 0) is 22.4 Å². The standard InChI is InChI=1S/C26H23ClN4O3/c27-21-12-6-4-11-20(21)25(33)29-23(15-18-16-28-22-13-7-5-10-19(18)22)26(34)31-30-24(32)14-17-8-2-1-3-9-17/h1-13,16,23,28H,14-15H2,(H,29,33)(H,30,32)(H,31,34)/t23-/m0/s1. The maximum atomic E-state index is 13.0. The lowest BCUT2D eigenvalue weighted by molar-refractivity contribution is -0.129. The molecular weight excluding hydrogens is 452 g/mol. The smallest absolute Gasteiger partial charge is 0.261 e. The second-order valence-electron chi connectivity index (χ2n) is 7.77. The van der Waals surface area contributed by atoms with E-state index < -0.39 is 17.9 Å². The first-order valence-corrected chi connectivity index (χ1v) is 11.1. The molecule has 0 unspecified atom stereocenters. The van der Waals surface area contributed by atoms with Crippen molar-refractivity contribution in [2.45, 2.75) is 18.9 Å². The number of carbonyl (C=O) groups excluding carboxylic acids is 3. The summed E-state index contributed by atoms with van der Waals surface area (Å²) in [5.41, 5.74) is 7.72. The molecule has 0 spiro atoms. The minimum absolute atomic E-state index is 0.111. The third-order valence-corrected chi connectivity index (χ3v) is 5.70. The molecule has 8 heteroatoms. The quantitative estimate of drug-likeness (QED) is 0.308. The second kappa shape index (κ2) is 10.7. The number of aromatic nitrogens is 1. The summed E-state index contributed by atoms with van der Waals surface area (Å²) < 4.78 is 0. The fourth-order valence-corrected chi connectivity index (χ4v) is 3.88. The number of benzene rings is 3. The van der Waals surface area contributed by atoms with Crippen molar-refractivity contribution >= 4 is 40.2 Å². The lowest BCUT2D eigenvalue weighted by Crippen LogP contribution is -2.53. The summed E-state index contributed by atoms with van der Waals surface area (Å²) in [4.78, 5) is 41.4. The number of hydrogen-bond donors (Lipinski definition) is 4. The van der Waals surface area contributed by atoms with Gasteiger partial charge in [-0.25, -0.2) is 0 Å². The van der Waals surface area contributed by atoms with E-state index in [1.165, 1.54) is 0 Å². The normalized spacial score (nSPS) is 11.6. The van der Waals surface area contributed by atoms with E-state index in [1.54, 1.807) is 30.5 Å². The van der Waals surface area contributed by atoms with Crippen LogP contribution >= 0.6 is 11.6 Å². The van der Waals surface area contributed by atoms with E-state index in [4.69, 9.17) is 11.6 Å². The Morgan fingerprint density at radius 1 is 0.853 bits per heavy atom. The number of nitrogens with one attached hydrogen (secondary N) is 4. The highest BCUT2D eigenvalue weighted by Gasteiger charge is 2.24. The first kappa shape index (κ1) is 23.1. The van der Waals surface area contributed by atoms with Crippen LogP contribution in [0, 0.1) is 0 Å². The van der Waals surface area contributed by atoms with Crippen LogP contribution in [0.3, 0.4) is 0 Å². The summed E-state index contributed by atoms with van der Waals surface area (Å²) in [6, 6.07) is 22.5. The number of aromatic amines is 1. The van der Waals surface area contributed by atoms with Gasteiger partial charge in [-0.3, -0.25) is 25.2 Å². The van der Waals surface area contributed by atoms with Crippen molar-refractivity contribution in [1.29, 1.82) is 0 Å². The summed E-state index contributed by atoms with van der Waals surface area (Å²) in [5.74, 6) is -1.41. The summed E-state index contributed by atoms with van der Waals surface area (Å²) >= 11 is 6.16. The summed E-state index contributed by atoms with van der Waals surface area (Å²) in [6.45, 7) is 0. The number of hydrogen-bond acceptors (Lipinski definition) is 3. The largest absolute Gasteiger partial charge is 0.361 e. The van der Waals surface area contributed by atoms with E-state index in [2.05, 4.69) is 21.2 Å². The summed E-state index contributed by atoms with van der Waals surface area (Å²) in [5, 5.41) is 3.97. The SMILES string of the molecule is O=C(Cc1ccccc1)NNC(=O)[C@H](Cc1c[nH]c2ccccc12)NC(=O)c1ccccc1Cl. The summed E-state index contributed by atoms with van der Waals surface area (Å²) in [6.07, 6.45) is 2.13. The fraction of sp³-hybridized carbons (Fsp3) is 0.115. The molecule has 1 atom stereocenters. The van der Waals surface area contributed by atoms with Gasteiger partial charge in [0.25, 0.3) is 11.8 Å². The van der Waals surface area contributed by atoms with Gasteiger partial charge in [0.1, 0.15) is 6.04 Å². The zero-order chi connectivity index (χ0) is 23.9. The molecule has 0 aliphatic rings. The molecule has 4 N–H and O–H groups in total. The summed E-state index contributed by atoms with van der Waals surface area (Å²) in [7, 11) is 0. The number of para-hydroxylation sites is 1. The van der Waals surface area contributed by atoms with Gasteiger partial charge in [-0.15, -0.1) is 0 Å². The number of H-pyrrole nitrogens is 1. The first-order valence-electron chi connectivity index (χ1n) is 10.7. The molecule has 0 aliphatic heterocycles. The molecule has 4 rings (SSSR count). The second-order valence-corrected chi connectivity index (χ2v) is 8.18. The van der Waals surface area contributed by atoms with Crippen molar-refractivity contribution < 1.29 is 14.4 Å². The third-order valence-electron chi connectivity index (χ3n) is 5.37. The van der Waals surface area contributed by atoms with E-state index in [9.17, 15) is 14.4 Å². The van der Waals surface area contributed by atoms with Crippen LogP contribution in [0.5, 0.6) is 0 Å². The van der Waals surface area contributed by atoms with Crippen LogP contribution in [-0.4, -0.2) is 28.7 Å². The van der Waals surface area contributed by atoms with E-state index in [0.717, 1.165) is 22.0 Å². The van der Waals surface area contributed by atoms with Crippen molar-refractivity contribution in [1.82, 2.24) is 21.2 Å². The molecule has 1 aromatic heterocycles. The van der Waals surface area contributed by atoms with Gasteiger partial charge in [0.15, 0.2) is 0 Å². The van der Waals surface area contributed by atoms with Crippen LogP contribution < -0.4 is 16.2 Å². The molecule has 34 heavy (non-hydrogen) atoms. The Kier molecular flexibility index (Phi) is 7.25. The number of carbonyl (C=O) groups is 3. The van der Waals surface area contributed by atoms with Gasteiger partial charge in [0, 0.05) is 23.5 Å². The third kappa shape index (κ3) is 5.63. The zero-order valence-corrected chi connectivity index (χ0v) is 18.9. The highest BCUT2D eigenvalue weighted by molar-refractivity contribution is 6.33. The highest BCUT2D eigenvalue weighted by atomic mass is 35.5. The van der Waals surface area contributed by atoms with Gasteiger partial charge in [-0.1, -0.05) is 72.3 Å². The minimum atomic E-state index is -0.958. The van der Waals surface area contributed by atoms with Crippen LogP contribution in [0.1, 0.15) is 21.5 Å². The van der Waals surface area contributed by atoms with Crippen LogP contribution in [0.25, 0.3) is 10.9 Å². The van der Waals surface area contributed by atoms with Gasteiger partial charge in [0.05, 0.1) is 17.0 Å². The molecule has 0 aliphatic carbocycles. The molecule has 7 nitrogen and oxygen atoms in total. The fourth-order valence-electron chi connectivity index (χ4n) is 3.65. The zero-order valence-electron chi connectivity index (χ0n) is 18.2. The maximum absolute atomic E-state index is 13.0. The average molecular weight is 475 g/mol. The molecule has 1 heterocycles.